The Hall–Kier alpha value is -0.870. The molecule has 1 aromatic carbocycles. The third-order valence-corrected chi connectivity index (χ3v) is 4.58. The molecular weight excluding hydrogens is 296 g/mol. The Morgan fingerprint density at radius 1 is 1.25 bits per heavy atom. The third kappa shape index (κ3) is 7.06. The van der Waals surface area contributed by atoms with E-state index in [1.165, 1.54) is 0 Å². The lowest BCUT2D eigenvalue weighted by Gasteiger charge is -2.05. The summed E-state index contributed by atoms with van der Waals surface area (Å²) in [6.45, 7) is 2.23. The molecule has 0 aromatic heterocycles. The van der Waals surface area contributed by atoms with Gasteiger partial charge in [0, 0.05) is 33.7 Å². The van der Waals surface area contributed by atoms with Crippen LogP contribution < -0.4 is 0 Å². The van der Waals surface area contributed by atoms with Gasteiger partial charge < -0.3 is 4.74 Å². The molecule has 20 heavy (non-hydrogen) atoms. The molecule has 0 saturated carbocycles. The van der Waals surface area contributed by atoms with Crippen LogP contribution in [0.5, 0.6) is 0 Å². The zero-order valence-electron chi connectivity index (χ0n) is 11.8. The lowest BCUT2D eigenvalue weighted by molar-refractivity contribution is -0.143. The van der Waals surface area contributed by atoms with E-state index in [2.05, 4.69) is 0 Å². The van der Waals surface area contributed by atoms with E-state index in [-0.39, 0.29) is 5.97 Å². The molecule has 5 heteroatoms. The monoisotopic (exact) mass is 316 g/mol. The molecule has 0 radical (unpaired) electrons. The van der Waals surface area contributed by atoms with Crippen LogP contribution in [0.4, 0.5) is 0 Å². The standard InChI is InChI=1S/C15H21ClO3S/c1-2-19-15(17)10-4-3-7-11-20(18)12-13-8-5-6-9-14(13)16/h5-6,8-9H,2-4,7,10-12H2,1H3. The summed E-state index contributed by atoms with van der Waals surface area (Å²) in [5.41, 5.74) is 0.930. The highest BCUT2D eigenvalue weighted by Crippen LogP contribution is 2.17. The number of hydrogen-bond acceptors (Lipinski definition) is 3. The summed E-state index contributed by atoms with van der Waals surface area (Å²) in [7, 11) is -0.899. The highest BCUT2D eigenvalue weighted by molar-refractivity contribution is 7.84. The largest absolute Gasteiger partial charge is 0.466 e. The fourth-order valence-corrected chi connectivity index (χ4v) is 3.35. The molecule has 1 atom stereocenters. The van der Waals surface area contributed by atoms with Crippen molar-refractivity contribution in [3.05, 3.63) is 34.9 Å². The van der Waals surface area contributed by atoms with Crippen LogP contribution in [0, 0.1) is 0 Å². The van der Waals surface area contributed by atoms with E-state index >= 15 is 0 Å². The molecule has 0 aliphatic rings. The van der Waals surface area contributed by atoms with Gasteiger partial charge in [-0.25, -0.2) is 0 Å². The summed E-state index contributed by atoms with van der Waals surface area (Å²) in [6.07, 6.45) is 3.00. The van der Waals surface area contributed by atoms with E-state index in [0.29, 0.717) is 29.6 Å². The lowest BCUT2D eigenvalue weighted by Crippen LogP contribution is -2.04. The number of halogens is 1. The van der Waals surface area contributed by atoms with Gasteiger partial charge in [0.2, 0.25) is 0 Å². The second-order valence-corrected chi connectivity index (χ2v) is 6.48. The summed E-state index contributed by atoms with van der Waals surface area (Å²) in [6, 6.07) is 7.48. The van der Waals surface area contributed by atoms with E-state index in [9.17, 15) is 9.00 Å². The van der Waals surface area contributed by atoms with Crippen molar-refractivity contribution in [1.82, 2.24) is 0 Å². The smallest absolute Gasteiger partial charge is 0.305 e. The van der Waals surface area contributed by atoms with Gasteiger partial charge in [0.15, 0.2) is 0 Å². The van der Waals surface area contributed by atoms with Crippen molar-refractivity contribution in [2.45, 2.75) is 38.4 Å². The molecule has 0 aliphatic carbocycles. The SMILES string of the molecule is CCOC(=O)CCCCCS(=O)Cc1ccccc1Cl. The molecule has 0 fully saturated rings. The van der Waals surface area contributed by atoms with Gasteiger partial charge in [-0.1, -0.05) is 36.2 Å². The van der Waals surface area contributed by atoms with Crippen molar-refractivity contribution in [2.75, 3.05) is 12.4 Å². The summed E-state index contributed by atoms with van der Waals surface area (Å²) in [5, 5.41) is 0.670. The van der Waals surface area contributed by atoms with Crippen molar-refractivity contribution in [2.24, 2.45) is 0 Å². The van der Waals surface area contributed by atoms with E-state index in [4.69, 9.17) is 16.3 Å². The molecule has 3 nitrogen and oxygen atoms in total. The fraction of sp³-hybridized carbons (Fsp3) is 0.533. The first kappa shape index (κ1) is 17.2. The Morgan fingerprint density at radius 3 is 2.70 bits per heavy atom. The van der Waals surface area contributed by atoms with Crippen molar-refractivity contribution < 1.29 is 13.7 Å². The number of rotatable bonds is 9. The Morgan fingerprint density at radius 2 is 2.00 bits per heavy atom. The average Bonchev–Trinajstić information content (AvgIpc) is 2.41. The normalized spacial score (nSPS) is 12.1. The van der Waals surface area contributed by atoms with Gasteiger partial charge in [-0.15, -0.1) is 0 Å². The zero-order chi connectivity index (χ0) is 14.8. The van der Waals surface area contributed by atoms with Gasteiger partial charge in [0.05, 0.1) is 6.61 Å². The number of benzene rings is 1. The van der Waals surface area contributed by atoms with Crippen molar-refractivity contribution in [3.8, 4) is 0 Å². The lowest BCUT2D eigenvalue weighted by atomic mass is 10.2. The van der Waals surface area contributed by atoms with Gasteiger partial charge in [-0.05, 0) is 31.4 Å². The fourth-order valence-electron chi connectivity index (χ4n) is 1.80. The minimum absolute atomic E-state index is 0.148. The van der Waals surface area contributed by atoms with Crippen LogP contribution in [-0.4, -0.2) is 22.5 Å². The molecule has 0 saturated heterocycles. The van der Waals surface area contributed by atoms with Crippen LogP contribution in [0.25, 0.3) is 0 Å². The highest BCUT2D eigenvalue weighted by atomic mass is 35.5. The molecule has 0 aliphatic heterocycles. The summed E-state index contributed by atoms with van der Waals surface area (Å²) in [5.74, 6) is 0.996. The molecule has 1 unspecified atom stereocenters. The number of esters is 1. The summed E-state index contributed by atoms with van der Waals surface area (Å²) >= 11 is 6.03. The van der Waals surface area contributed by atoms with Crippen molar-refractivity contribution >= 4 is 28.4 Å². The minimum atomic E-state index is -0.899. The van der Waals surface area contributed by atoms with Gasteiger partial charge >= 0.3 is 5.97 Å². The van der Waals surface area contributed by atoms with Crippen molar-refractivity contribution in [1.29, 1.82) is 0 Å². The van der Waals surface area contributed by atoms with E-state index in [1.807, 2.05) is 24.3 Å². The third-order valence-electron chi connectivity index (χ3n) is 2.83. The van der Waals surface area contributed by atoms with Crippen LogP contribution in [0.15, 0.2) is 24.3 Å². The first-order valence-electron chi connectivity index (χ1n) is 6.87. The van der Waals surface area contributed by atoms with Gasteiger partial charge in [0.25, 0.3) is 0 Å². The maximum atomic E-state index is 11.9. The van der Waals surface area contributed by atoms with Gasteiger partial charge in [0.1, 0.15) is 0 Å². The molecule has 112 valence electrons. The molecule has 0 bridgehead atoms. The molecular formula is C15H21ClO3S. The second-order valence-electron chi connectivity index (χ2n) is 4.50. The average molecular weight is 317 g/mol. The van der Waals surface area contributed by atoms with Gasteiger partial charge in [-0.3, -0.25) is 9.00 Å². The van der Waals surface area contributed by atoms with Crippen molar-refractivity contribution in [3.63, 3.8) is 0 Å². The summed E-state index contributed by atoms with van der Waals surface area (Å²) < 4.78 is 16.8. The van der Waals surface area contributed by atoms with Crippen LogP contribution in [0.1, 0.15) is 38.2 Å². The summed E-state index contributed by atoms with van der Waals surface area (Å²) in [4.78, 5) is 11.1. The van der Waals surface area contributed by atoms with Crippen LogP contribution >= 0.6 is 11.6 Å². The molecule has 0 spiro atoms. The van der Waals surface area contributed by atoms with Crippen LogP contribution in [-0.2, 0) is 26.1 Å². The Kier molecular flexibility index (Phi) is 8.54. The topological polar surface area (TPSA) is 43.4 Å². The first-order valence-corrected chi connectivity index (χ1v) is 8.74. The minimum Gasteiger partial charge on any atom is -0.466 e. The van der Waals surface area contributed by atoms with Crippen LogP contribution in [0.2, 0.25) is 5.02 Å². The van der Waals surface area contributed by atoms with Crippen LogP contribution in [0.3, 0.4) is 0 Å². The molecule has 0 heterocycles. The number of carbonyl (C=O) groups is 1. The molecule has 1 aromatic rings. The molecule has 0 amide bonds. The Labute approximate surface area is 128 Å². The quantitative estimate of drug-likeness (QED) is 0.515. The predicted molar refractivity (Wildman–Crippen MR) is 83.3 cm³/mol. The van der Waals surface area contributed by atoms with E-state index < -0.39 is 10.8 Å². The van der Waals surface area contributed by atoms with E-state index in [1.54, 1.807) is 6.92 Å². The van der Waals surface area contributed by atoms with Gasteiger partial charge in [-0.2, -0.15) is 0 Å². The maximum Gasteiger partial charge on any atom is 0.305 e. The zero-order valence-corrected chi connectivity index (χ0v) is 13.3. The predicted octanol–water partition coefficient (Wildman–Crippen LogP) is 3.71. The number of ether oxygens (including phenoxy) is 1. The number of hydrogen-bond donors (Lipinski definition) is 0. The highest BCUT2D eigenvalue weighted by Gasteiger charge is 2.06. The number of unbranched alkanes of at least 4 members (excludes halogenated alkanes) is 2. The second kappa shape index (κ2) is 9.94. The number of carbonyl (C=O) groups excluding carboxylic acids is 1. The Bertz CT molecular complexity index is 448. The molecule has 1 rings (SSSR count). The first-order chi connectivity index (χ1) is 9.63. The van der Waals surface area contributed by atoms with E-state index in [0.717, 1.165) is 24.8 Å². The maximum absolute atomic E-state index is 11.9. The Balaban J connectivity index is 2.15. The molecule has 0 N–H and O–H groups in total.